The van der Waals surface area contributed by atoms with Gasteiger partial charge in [0.25, 0.3) is 0 Å². The Bertz CT molecular complexity index is 445. The quantitative estimate of drug-likeness (QED) is 0.429. The Balaban J connectivity index is 2.31. The minimum atomic E-state index is 0.146. The Labute approximate surface area is 132 Å². The summed E-state index contributed by atoms with van der Waals surface area (Å²) in [5.41, 5.74) is 1.31. The molecule has 0 aliphatic rings. The van der Waals surface area contributed by atoms with Gasteiger partial charge >= 0.3 is 0 Å². The molecule has 0 amide bonds. The minimum Gasteiger partial charge on any atom is -0.355 e. The highest BCUT2D eigenvalue weighted by atomic mass is 32.1. The van der Waals surface area contributed by atoms with Crippen molar-refractivity contribution in [1.29, 1.82) is 0 Å². The molecule has 0 bridgehead atoms. The fraction of sp³-hybridized carbons (Fsp3) is 0.733. The van der Waals surface area contributed by atoms with E-state index in [1.807, 2.05) is 0 Å². The summed E-state index contributed by atoms with van der Waals surface area (Å²) in [6, 6.07) is 0. The molecule has 120 valence electrons. The van der Waals surface area contributed by atoms with Crippen LogP contribution in [0.25, 0.3) is 0 Å². The topological polar surface area (TPSA) is 61.3 Å². The molecule has 0 aliphatic heterocycles. The first kappa shape index (κ1) is 17.9. The van der Waals surface area contributed by atoms with Crippen molar-refractivity contribution in [3.05, 3.63) is 16.1 Å². The molecular weight excluding hydrogens is 282 g/mol. The second kappa shape index (κ2) is 8.34. The summed E-state index contributed by atoms with van der Waals surface area (Å²) < 4.78 is 0. The monoisotopic (exact) mass is 311 g/mol. The van der Waals surface area contributed by atoms with Crippen LogP contribution in [0.5, 0.6) is 0 Å². The van der Waals surface area contributed by atoms with E-state index in [9.17, 15) is 0 Å². The molecule has 0 spiro atoms. The van der Waals surface area contributed by atoms with Crippen LogP contribution in [0.2, 0.25) is 0 Å². The van der Waals surface area contributed by atoms with Crippen LogP contribution in [0.1, 0.15) is 51.2 Å². The number of thiazole rings is 1. The van der Waals surface area contributed by atoms with Gasteiger partial charge in [-0.25, -0.2) is 4.98 Å². The molecule has 1 rings (SSSR count). The zero-order valence-corrected chi connectivity index (χ0v) is 14.9. The highest BCUT2D eigenvalue weighted by molar-refractivity contribution is 7.09. The summed E-state index contributed by atoms with van der Waals surface area (Å²) in [4.78, 5) is 8.83. The number of hydrogen-bond donors (Lipinski definition) is 3. The maximum atomic E-state index is 4.61. The lowest BCUT2D eigenvalue weighted by Crippen LogP contribution is -2.44. The maximum Gasteiger partial charge on any atom is 0.191 e. The third kappa shape index (κ3) is 7.43. The second-order valence-electron chi connectivity index (χ2n) is 6.35. The standard InChI is InChI=1S/C15H29N5S/c1-11(2)12-10-21-13(20-12)9-18-14(16-6)17-7-8-19-15(3,4)5/h10-11,19H,7-9H2,1-6H3,(H2,16,17,18). The van der Waals surface area contributed by atoms with Crippen LogP contribution in [0.3, 0.4) is 0 Å². The number of aromatic nitrogens is 1. The highest BCUT2D eigenvalue weighted by Crippen LogP contribution is 2.17. The van der Waals surface area contributed by atoms with Gasteiger partial charge in [0.2, 0.25) is 0 Å². The van der Waals surface area contributed by atoms with Crippen molar-refractivity contribution in [2.24, 2.45) is 4.99 Å². The predicted molar refractivity (Wildman–Crippen MR) is 92.2 cm³/mol. The van der Waals surface area contributed by atoms with E-state index in [2.05, 4.69) is 65.9 Å². The first-order valence-electron chi connectivity index (χ1n) is 7.45. The van der Waals surface area contributed by atoms with E-state index in [1.165, 1.54) is 0 Å². The summed E-state index contributed by atoms with van der Waals surface area (Å²) in [5.74, 6) is 1.29. The first-order valence-corrected chi connectivity index (χ1v) is 8.33. The third-order valence-electron chi connectivity index (χ3n) is 2.86. The minimum absolute atomic E-state index is 0.146. The average Bonchev–Trinajstić information content (AvgIpc) is 2.85. The zero-order chi connectivity index (χ0) is 15.9. The summed E-state index contributed by atoms with van der Waals surface area (Å²) in [6.45, 7) is 13.3. The number of nitrogens with one attached hydrogen (secondary N) is 3. The van der Waals surface area contributed by atoms with E-state index in [-0.39, 0.29) is 5.54 Å². The van der Waals surface area contributed by atoms with Crippen LogP contribution in [-0.2, 0) is 6.54 Å². The number of nitrogens with zero attached hydrogens (tertiary/aromatic N) is 2. The number of hydrogen-bond acceptors (Lipinski definition) is 4. The molecule has 0 radical (unpaired) electrons. The van der Waals surface area contributed by atoms with Gasteiger partial charge in [-0.05, 0) is 26.7 Å². The van der Waals surface area contributed by atoms with Crippen LogP contribution in [-0.4, -0.2) is 36.6 Å². The molecule has 0 aliphatic carbocycles. The second-order valence-corrected chi connectivity index (χ2v) is 7.29. The Morgan fingerprint density at radius 3 is 2.52 bits per heavy atom. The molecule has 21 heavy (non-hydrogen) atoms. The van der Waals surface area contributed by atoms with E-state index < -0.39 is 0 Å². The molecule has 1 aromatic rings. The molecule has 0 aromatic carbocycles. The van der Waals surface area contributed by atoms with Gasteiger partial charge in [-0.2, -0.15) is 0 Å². The Morgan fingerprint density at radius 1 is 1.29 bits per heavy atom. The van der Waals surface area contributed by atoms with Gasteiger partial charge < -0.3 is 16.0 Å². The molecule has 0 fully saturated rings. The van der Waals surface area contributed by atoms with E-state index in [1.54, 1.807) is 18.4 Å². The molecule has 5 nitrogen and oxygen atoms in total. The lowest BCUT2D eigenvalue weighted by atomic mass is 10.1. The lowest BCUT2D eigenvalue weighted by molar-refractivity contribution is 0.428. The van der Waals surface area contributed by atoms with Gasteiger partial charge in [-0.3, -0.25) is 4.99 Å². The molecule has 1 heterocycles. The van der Waals surface area contributed by atoms with Gasteiger partial charge in [0.05, 0.1) is 12.2 Å². The Hall–Kier alpha value is -1.14. The number of guanidine groups is 1. The molecule has 0 saturated carbocycles. The summed E-state index contributed by atoms with van der Waals surface area (Å²) in [6.07, 6.45) is 0. The van der Waals surface area contributed by atoms with Crippen molar-refractivity contribution in [3.63, 3.8) is 0 Å². The Morgan fingerprint density at radius 2 is 2.00 bits per heavy atom. The fourth-order valence-electron chi connectivity index (χ4n) is 1.67. The van der Waals surface area contributed by atoms with Crippen LogP contribution in [0.15, 0.2) is 10.4 Å². The van der Waals surface area contributed by atoms with Crippen molar-refractivity contribution >= 4 is 17.3 Å². The smallest absolute Gasteiger partial charge is 0.191 e. The van der Waals surface area contributed by atoms with Crippen LogP contribution < -0.4 is 16.0 Å². The third-order valence-corrected chi connectivity index (χ3v) is 3.73. The van der Waals surface area contributed by atoms with Gasteiger partial charge in [0, 0.05) is 31.1 Å². The van der Waals surface area contributed by atoms with E-state index in [0.717, 1.165) is 29.8 Å². The highest BCUT2D eigenvalue weighted by Gasteiger charge is 2.08. The molecular formula is C15H29N5S. The van der Waals surface area contributed by atoms with Crippen LogP contribution >= 0.6 is 11.3 Å². The molecule has 0 unspecified atom stereocenters. The number of rotatable bonds is 6. The zero-order valence-electron chi connectivity index (χ0n) is 14.1. The van der Waals surface area contributed by atoms with Gasteiger partial charge in [0.1, 0.15) is 5.01 Å². The van der Waals surface area contributed by atoms with E-state index >= 15 is 0 Å². The normalized spacial score (nSPS) is 12.8. The van der Waals surface area contributed by atoms with Crippen molar-refractivity contribution in [2.75, 3.05) is 20.1 Å². The molecule has 1 aromatic heterocycles. The number of aliphatic imine (C=N–C) groups is 1. The fourth-order valence-corrected chi connectivity index (χ4v) is 2.57. The summed E-state index contributed by atoms with van der Waals surface area (Å²) in [5, 5.41) is 13.2. The maximum absolute atomic E-state index is 4.61. The first-order chi connectivity index (χ1) is 9.81. The molecule has 0 saturated heterocycles. The van der Waals surface area contributed by atoms with Crippen molar-refractivity contribution in [2.45, 2.75) is 52.6 Å². The molecule has 0 atom stereocenters. The summed E-state index contributed by atoms with van der Waals surface area (Å²) in [7, 11) is 1.79. The van der Waals surface area contributed by atoms with Crippen LogP contribution in [0.4, 0.5) is 0 Å². The SMILES string of the molecule is CN=C(NCCNC(C)(C)C)NCc1nc(C(C)C)cs1. The van der Waals surface area contributed by atoms with Gasteiger partial charge in [0.15, 0.2) is 5.96 Å². The van der Waals surface area contributed by atoms with Crippen LogP contribution in [0, 0.1) is 0 Å². The lowest BCUT2D eigenvalue weighted by Gasteiger charge is -2.21. The predicted octanol–water partition coefficient (Wildman–Crippen LogP) is 2.32. The Kier molecular flexibility index (Phi) is 7.11. The van der Waals surface area contributed by atoms with Crippen molar-refractivity contribution < 1.29 is 0 Å². The average molecular weight is 311 g/mol. The molecule has 6 heteroatoms. The van der Waals surface area contributed by atoms with E-state index in [0.29, 0.717) is 12.5 Å². The summed E-state index contributed by atoms with van der Waals surface area (Å²) >= 11 is 1.69. The van der Waals surface area contributed by atoms with Gasteiger partial charge in [-0.15, -0.1) is 11.3 Å². The van der Waals surface area contributed by atoms with E-state index in [4.69, 9.17) is 0 Å². The molecule has 3 N–H and O–H groups in total. The van der Waals surface area contributed by atoms with Crippen molar-refractivity contribution in [1.82, 2.24) is 20.9 Å². The largest absolute Gasteiger partial charge is 0.355 e. The van der Waals surface area contributed by atoms with Gasteiger partial charge in [-0.1, -0.05) is 13.8 Å². The van der Waals surface area contributed by atoms with Crippen molar-refractivity contribution in [3.8, 4) is 0 Å².